The van der Waals surface area contributed by atoms with Crippen LogP contribution in [0.4, 0.5) is 4.39 Å². The van der Waals surface area contributed by atoms with Gasteiger partial charge < -0.3 is 10.6 Å². The summed E-state index contributed by atoms with van der Waals surface area (Å²) < 4.78 is 12.7. The second-order valence-electron chi connectivity index (χ2n) is 3.45. The summed E-state index contributed by atoms with van der Waals surface area (Å²) in [6, 6.07) is 0. The zero-order valence-electron chi connectivity index (χ0n) is 7.84. The number of halogens is 1. The number of alkyl halides is 1. The zero-order valence-corrected chi connectivity index (χ0v) is 7.84. The lowest BCUT2D eigenvalue weighted by molar-refractivity contribution is -0.132. The Morgan fingerprint density at radius 3 is 2.62 bits per heavy atom. The van der Waals surface area contributed by atoms with E-state index in [4.69, 9.17) is 5.73 Å². The van der Waals surface area contributed by atoms with Crippen molar-refractivity contribution in [2.45, 2.75) is 31.9 Å². The number of nitrogens with two attached hydrogens (primary N) is 1. The van der Waals surface area contributed by atoms with E-state index in [2.05, 4.69) is 0 Å². The molecule has 0 aliphatic carbocycles. The number of amides is 1. The van der Waals surface area contributed by atoms with E-state index in [1.807, 2.05) is 0 Å². The van der Waals surface area contributed by atoms with Gasteiger partial charge in [0.25, 0.3) is 0 Å². The summed E-state index contributed by atoms with van der Waals surface area (Å²) in [4.78, 5) is 13.2. The van der Waals surface area contributed by atoms with Gasteiger partial charge in [0.05, 0.1) is 0 Å². The third kappa shape index (κ3) is 3.30. The second-order valence-corrected chi connectivity index (χ2v) is 3.45. The molecule has 0 saturated carbocycles. The number of carbonyl (C=O) groups excluding carboxylic acids is 1. The smallest absolute Gasteiger partial charge is 0.222 e. The molecule has 0 radical (unpaired) electrons. The lowest BCUT2D eigenvalue weighted by Crippen LogP contribution is -2.39. The Hall–Kier alpha value is -0.640. The van der Waals surface area contributed by atoms with Gasteiger partial charge in [-0.3, -0.25) is 4.79 Å². The SMILES string of the molecule is NCCCC(=O)N1CCC(F)CC1. The maximum atomic E-state index is 12.7. The van der Waals surface area contributed by atoms with E-state index in [1.165, 1.54) is 0 Å². The van der Waals surface area contributed by atoms with Crippen LogP contribution in [-0.2, 0) is 4.79 Å². The Bertz CT molecular complexity index is 167. The fourth-order valence-corrected chi connectivity index (χ4v) is 1.51. The summed E-state index contributed by atoms with van der Waals surface area (Å²) in [5.41, 5.74) is 5.30. The van der Waals surface area contributed by atoms with Gasteiger partial charge in [-0.1, -0.05) is 0 Å². The van der Waals surface area contributed by atoms with Crippen LogP contribution in [0.1, 0.15) is 25.7 Å². The van der Waals surface area contributed by atoms with E-state index in [9.17, 15) is 9.18 Å². The Morgan fingerprint density at radius 2 is 2.08 bits per heavy atom. The number of piperidine rings is 1. The minimum absolute atomic E-state index is 0.123. The van der Waals surface area contributed by atoms with Crippen LogP contribution in [0.15, 0.2) is 0 Å². The van der Waals surface area contributed by atoms with Crippen molar-refractivity contribution < 1.29 is 9.18 Å². The maximum absolute atomic E-state index is 12.7. The normalized spacial score (nSPS) is 19.1. The summed E-state index contributed by atoms with van der Waals surface area (Å²) in [5.74, 6) is 0.123. The van der Waals surface area contributed by atoms with Crippen molar-refractivity contribution in [2.24, 2.45) is 5.73 Å². The Kier molecular flexibility index (Phi) is 4.15. The molecule has 0 aromatic heterocycles. The molecule has 1 saturated heterocycles. The Labute approximate surface area is 78.1 Å². The number of likely N-dealkylation sites (tertiary alicyclic amines) is 1. The molecule has 1 fully saturated rings. The fourth-order valence-electron chi connectivity index (χ4n) is 1.51. The quantitative estimate of drug-likeness (QED) is 0.708. The van der Waals surface area contributed by atoms with Gasteiger partial charge in [-0.05, 0) is 25.8 Å². The number of carbonyl (C=O) groups is 1. The van der Waals surface area contributed by atoms with E-state index >= 15 is 0 Å². The fraction of sp³-hybridized carbons (Fsp3) is 0.889. The number of nitrogens with zero attached hydrogens (tertiary/aromatic N) is 1. The summed E-state index contributed by atoms with van der Waals surface area (Å²) in [5, 5.41) is 0. The molecule has 1 aliphatic rings. The molecule has 0 bridgehead atoms. The topological polar surface area (TPSA) is 46.3 Å². The van der Waals surface area contributed by atoms with Crippen molar-refractivity contribution >= 4 is 5.91 Å². The summed E-state index contributed by atoms with van der Waals surface area (Å²) in [6.45, 7) is 1.69. The molecule has 1 rings (SSSR count). The van der Waals surface area contributed by atoms with Crippen LogP contribution in [0.5, 0.6) is 0 Å². The third-order valence-corrected chi connectivity index (χ3v) is 2.37. The molecule has 1 heterocycles. The lowest BCUT2D eigenvalue weighted by Gasteiger charge is -2.28. The van der Waals surface area contributed by atoms with Crippen LogP contribution in [0.2, 0.25) is 0 Å². The van der Waals surface area contributed by atoms with Crippen molar-refractivity contribution in [3.05, 3.63) is 0 Å². The molecule has 4 heteroatoms. The van der Waals surface area contributed by atoms with Gasteiger partial charge in [-0.25, -0.2) is 4.39 Å². The van der Waals surface area contributed by atoms with Crippen molar-refractivity contribution in [1.82, 2.24) is 4.90 Å². The highest BCUT2D eigenvalue weighted by Gasteiger charge is 2.21. The van der Waals surface area contributed by atoms with E-state index in [-0.39, 0.29) is 5.91 Å². The Morgan fingerprint density at radius 1 is 1.46 bits per heavy atom. The first-order valence-corrected chi connectivity index (χ1v) is 4.86. The van der Waals surface area contributed by atoms with Crippen LogP contribution in [-0.4, -0.2) is 36.6 Å². The maximum Gasteiger partial charge on any atom is 0.222 e. The predicted octanol–water partition coefficient (Wildman–Crippen LogP) is 0.686. The van der Waals surface area contributed by atoms with Gasteiger partial charge in [0.15, 0.2) is 0 Å². The highest BCUT2D eigenvalue weighted by Crippen LogP contribution is 2.14. The minimum Gasteiger partial charge on any atom is -0.342 e. The van der Waals surface area contributed by atoms with E-state index in [0.717, 1.165) is 6.42 Å². The van der Waals surface area contributed by atoms with Gasteiger partial charge in [-0.2, -0.15) is 0 Å². The first kappa shape index (κ1) is 10.4. The second kappa shape index (κ2) is 5.17. The molecule has 0 aromatic carbocycles. The van der Waals surface area contributed by atoms with Crippen molar-refractivity contribution in [2.75, 3.05) is 19.6 Å². The van der Waals surface area contributed by atoms with Gasteiger partial charge in [0.1, 0.15) is 6.17 Å². The summed E-state index contributed by atoms with van der Waals surface area (Å²) in [6.07, 6.45) is 1.52. The molecule has 0 unspecified atom stereocenters. The molecule has 2 N–H and O–H groups in total. The predicted molar refractivity (Wildman–Crippen MR) is 49.0 cm³/mol. The average molecular weight is 188 g/mol. The van der Waals surface area contributed by atoms with Crippen molar-refractivity contribution in [3.8, 4) is 0 Å². The molecular weight excluding hydrogens is 171 g/mol. The highest BCUT2D eigenvalue weighted by molar-refractivity contribution is 5.76. The van der Waals surface area contributed by atoms with Crippen LogP contribution >= 0.6 is 0 Å². The molecule has 0 spiro atoms. The number of rotatable bonds is 3. The van der Waals surface area contributed by atoms with Gasteiger partial charge in [-0.15, -0.1) is 0 Å². The number of hydrogen-bond acceptors (Lipinski definition) is 2. The number of hydrogen-bond donors (Lipinski definition) is 1. The molecule has 0 atom stereocenters. The van der Waals surface area contributed by atoms with E-state index in [1.54, 1.807) is 4.90 Å². The molecule has 3 nitrogen and oxygen atoms in total. The first-order valence-electron chi connectivity index (χ1n) is 4.86. The van der Waals surface area contributed by atoms with E-state index in [0.29, 0.717) is 38.9 Å². The van der Waals surface area contributed by atoms with E-state index < -0.39 is 6.17 Å². The molecule has 1 aliphatic heterocycles. The van der Waals surface area contributed by atoms with Gasteiger partial charge in [0, 0.05) is 19.5 Å². The largest absolute Gasteiger partial charge is 0.342 e. The Balaban J connectivity index is 2.23. The summed E-state index contributed by atoms with van der Waals surface area (Å²) in [7, 11) is 0. The van der Waals surface area contributed by atoms with Gasteiger partial charge >= 0.3 is 0 Å². The van der Waals surface area contributed by atoms with Crippen molar-refractivity contribution in [1.29, 1.82) is 0 Å². The van der Waals surface area contributed by atoms with Crippen LogP contribution < -0.4 is 5.73 Å². The van der Waals surface area contributed by atoms with Crippen LogP contribution in [0, 0.1) is 0 Å². The zero-order chi connectivity index (χ0) is 9.68. The monoisotopic (exact) mass is 188 g/mol. The molecule has 13 heavy (non-hydrogen) atoms. The standard InChI is InChI=1S/C9H17FN2O/c10-8-3-6-12(7-4-8)9(13)2-1-5-11/h8H,1-7,11H2. The van der Waals surface area contributed by atoms with Crippen LogP contribution in [0.3, 0.4) is 0 Å². The van der Waals surface area contributed by atoms with Crippen molar-refractivity contribution in [3.63, 3.8) is 0 Å². The lowest BCUT2D eigenvalue weighted by atomic mass is 10.1. The highest BCUT2D eigenvalue weighted by atomic mass is 19.1. The molecule has 0 aromatic rings. The molecular formula is C9H17FN2O. The van der Waals surface area contributed by atoms with Crippen LogP contribution in [0.25, 0.3) is 0 Å². The van der Waals surface area contributed by atoms with Gasteiger partial charge in [0.2, 0.25) is 5.91 Å². The minimum atomic E-state index is -0.710. The first-order chi connectivity index (χ1) is 6.24. The summed E-state index contributed by atoms with van der Waals surface area (Å²) >= 11 is 0. The third-order valence-electron chi connectivity index (χ3n) is 2.37. The average Bonchev–Trinajstić information content (AvgIpc) is 2.15. The molecule has 1 amide bonds. The molecule has 76 valence electrons.